The van der Waals surface area contributed by atoms with Crippen molar-refractivity contribution in [1.82, 2.24) is 14.7 Å². The molecular formula is C17H14FN3O2. The van der Waals surface area contributed by atoms with E-state index in [9.17, 15) is 14.0 Å². The zero-order chi connectivity index (χ0) is 16.4. The first-order chi connectivity index (χ1) is 11.1. The molecule has 2 aromatic heterocycles. The lowest BCUT2D eigenvalue weighted by Crippen LogP contribution is -2.33. The van der Waals surface area contributed by atoms with Gasteiger partial charge in [-0.2, -0.15) is 0 Å². The molecule has 3 rings (SSSR count). The van der Waals surface area contributed by atoms with Gasteiger partial charge < -0.3 is 5.32 Å². The van der Waals surface area contributed by atoms with Crippen LogP contribution in [0.2, 0.25) is 0 Å². The molecule has 0 bridgehead atoms. The number of benzene rings is 1. The molecule has 2 heterocycles. The maximum atomic E-state index is 12.9. The highest BCUT2D eigenvalue weighted by atomic mass is 19.1. The first-order valence-corrected chi connectivity index (χ1v) is 7.09. The summed E-state index contributed by atoms with van der Waals surface area (Å²) < 4.78 is 14.3. The second-order valence-corrected chi connectivity index (χ2v) is 5.15. The van der Waals surface area contributed by atoms with Crippen molar-refractivity contribution in [2.24, 2.45) is 0 Å². The van der Waals surface area contributed by atoms with Crippen LogP contribution in [0, 0.1) is 5.82 Å². The predicted octanol–water partition coefficient (Wildman–Crippen LogP) is 2.32. The fourth-order valence-corrected chi connectivity index (χ4v) is 2.29. The van der Waals surface area contributed by atoms with Gasteiger partial charge in [0.25, 0.3) is 11.5 Å². The lowest BCUT2D eigenvalue weighted by molar-refractivity contribution is 0.0938. The van der Waals surface area contributed by atoms with Crippen LogP contribution in [-0.4, -0.2) is 15.3 Å². The van der Waals surface area contributed by atoms with E-state index in [1.165, 1.54) is 22.7 Å². The summed E-state index contributed by atoms with van der Waals surface area (Å²) in [7, 11) is 0. The van der Waals surface area contributed by atoms with Gasteiger partial charge in [-0.25, -0.2) is 9.37 Å². The van der Waals surface area contributed by atoms with Gasteiger partial charge in [-0.1, -0.05) is 18.2 Å². The molecule has 0 aliphatic heterocycles. The molecule has 0 aliphatic rings. The van der Waals surface area contributed by atoms with Gasteiger partial charge in [0.05, 0.1) is 6.04 Å². The monoisotopic (exact) mass is 311 g/mol. The number of nitrogens with zero attached hydrogens (tertiary/aromatic N) is 2. The average Bonchev–Trinajstić information content (AvgIpc) is 2.56. The zero-order valence-electron chi connectivity index (χ0n) is 12.4. The normalized spacial score (nSPS) is 12.1. The molecular weight excluding hydrogens is 297 g/mol. The van der Waals surface area contributed by atoms with Crippen LogP contribution in [0.25, 0.3) is 5.65 Å². The summed E-state index contributed by atoms with van der Waals surface area (Å²) in [5, 5.41) is 2.72. The van der Waals surface area contributed by atoms with Crippen LogP contribution in [0.5, 0.6) is 0 Å². The standard InChI is InChI=1S/C17H14FN3O2/c1-11(12-5-7-13(18)8-6-12)20-16(22)14-10-19-15-4-2-3-9-21(15)17(14)23/h2-11H,1H3,(H,20,22). The highest BCUT2D eigenvalue weighted by Gasteiger charge is 2.16. The van der Waals surface area contributed by atoms with Gasteiger partial charge in [-0.05, 0) is 36.8 Å². The van der Waals surface area contributed by atoms with Crippen LogP contribution in [0.3, 0.4) is 0 Å². The maximum Gasteiger partial charge on any atom is 0.270 e. The fourth-order valence-electron chi connectivity index (χ4n) is 2.29. The van der Waals surface area contributed by atoms with Gasteiger partial charge in [-0.3, -0.25) is 14.0 Å². The molecule has 0 radical (unpaired) electrons. The number of rotatable bonds is 3. The SMILES string of the molecule is CC(NC(=O)c1cnc2ccccn2c1=O)c1ccc(F)cc1. The predicted molar refractivity (Wildman–Crippen MR) is 83.7 cm³/mol. The molecule has 116 valence electrons. The highest BCUT2D eigenvalue weighted by Crippen LogP contribution is 2.13. The minimum absolute atomic E-state index is 0.0392. The van der Waals surface area contributed by atoms with Gasteiger partial charge in [-0.15, -0.1) is 0 Å². The number of halogens is 1. The van der Waals surface area contributed by atoms with Gasteiger partial charge in [0, 0.05) is 12.4 Å². The van der Waals surface area contributed by atoms with Crippen LogP contribution in [0.15, 0.2) is 59.7 Å². The molecule has 1 atom stereocenters. The molecule has 0 aliphatic carbocycles. The van der Waals surface area contributed by atoms with Crippen molar-refractivity contribution >= 4 is 11.6 Å². The minimum Gasteiger partial charge on any atom is -0.345 e. The first kappa shape index (κ1) is 14.9. The second-order valence-electron chi connectivity index (χ2n) is 5.15. The third-order valence-corrected chi connectivity index (χ3v) is 3.58. The Hall–Kier alpha value is -3.02. The number of nitrogens with one attached hydrogen (secondary N) is 1. The number of amides is 1. The molecule has 0 saturated carbocycles. The van der Waals surface area contributed by atoms with E-state index in [4.69, 9.17) is 0 Å². The fraction of sp³-hybridized carbons (Fsp3) is 0.118. The Kier molecular flexibility index (Phi) is 3.89. The van der Waals surface area contributed by atoms with E-state index in [1.807, 2.05) is 0 Å². The van der Waals surface area contributed by atoms with E-state index in [0.29, 0.717) is 5.65 Å². The molecule has 23 heavy (non-hydrogen) atoms. The highest BCUT2D eigenvalue weighted by molar-refractivity contribution is 5.94. The third kappa shape index (κ3) is 2.96. The van der Waals surface area contributed by atoms with Gasteiger partial charge in [0.15, 0.2) is 0 Å². The Morgan fingerprint density at radius 2 is 1.96 bits per heavy atom. The summed E-state index contributed by atoms with van der Waals surface area (Å²) in [5.74, 6) is -0.859. The summed E-state index contributed by atoms with van der Waals surface area (Å²) in [6.45, 7) is 1.76. The van der Waals surface area contributed by atoms with E-state index < -0.39 is 11.5 Å². The first-order valence-electron chi connectivity index (χ1n) is 7.09. The number of carbonyl (C=O) groups excluding carboxylic acids is 1. The Balaban J connectivity index is 1.87. The largest absolute Gasteiger partial charge is 0.345 e. The van der Waals surface area contributed by atoms with Gasteiger partial charge in [0.1, 0.15) is 17.0 Å². The van der Waals surface area contributed by atoms with Crippen LogP contribution in [0.4, 0.5) is 4.39 Å². The van der Waals surface area contributed by atoms with Crippen LogP contribution < -0.4 is 10.9 Å². The molecule has 0 fully saturated rings. The summed E-state index contributed by atoms with van der Waals surface area (Å²) in [5.41, 5.74) is 0.747. The van der Waals surface area contributed by atoms with Gasteiger partial charge >= 0.3 is 0 Å². The maximum absolute atomic E-state index is 12.9. The van der Waals surface area contributed by atoms with E-state index in [1.54, 1.807) is 43.5 Å². The van der Waals surface area contributed by atoms with Crippen molar-refractivity contribution < 1.29 is 9.18 Å². The lowest BCUT2D eigenvalue weighted by Gasteiger charge is -2.14. The number of hydrogen-bond acceptors (Lipinski definition) is 3. The van der Waals surface area contributed by atoms with E-state index in [-0.39, 0.29) is 17.4 Å². The average molecular weight is 311 g/mol. The number of hydrogen-bond donors (Lipinski definition) is 1. The number of fused-ring (bicyclic) bond motifs is 1. The Morgan fingerprint density at radius 3 is 2.70 bits per heavy atom. The molecule has 0 spiro atoms. The van der Waals surface area contributed by atoms with Gasteiger partial charge in [0.2, 0.25) is 0 Å². The summed E-state index contributed by atoms with van der Waals surface area (Å²) >= 11 is 0. The molecule has 1 aromatic carbocycles. The number of pyridine rings is 1. The molecule has 5 nitrogen and oxygen atoms in total. The van der Waals surface area contributed by atoms with Crippen molar-refractivity contribution in [2.45, 2.75) is 13.0 Å². The molecule has 1 amide bonds. The lowest BCUT2D eigenvalue weighted by atomic mass is 10.1. The zero-order valence-corrected chi connectivity index (χ0v) is 12.4. The van der Waals surface area contributed by atoms with E-state index >= 15 is 0 Å². The number of aromatic nitrogens is 2. The van der Waals surface area contributed by atoms with Crippen LogP contribution >= 0.6 is 0 Å². The van der Waals surface area contributed by atoms with E-state index in [0.717, 1.165) is 5.56 Å². The Labute approximate surface area is 131 Å². The topological polar surface area (TPSA) is 63.5 Å². The molecule has 3 aromatic rings. The number of carbonyl (C=O) groups is 1. The second kappa shape index (κ2) is 6.00. The van der Waals surface area contributed by atoms with Crippen LogP contribution in [-0.2, 0) is 0 Å². The summed E-state index contributed by atoms with van der Waals surface area (Å²) in [4.78, 5) is 28.8. The molecule has 0 saturated heterocycles. The minimum atomic E-state index is -0.516. The van der Waals surface area contributed by atoms with Crippen LogP contribution in [0.1, 0.15) is 28.9 Å². The van der Waals surface area contributed by atoms with Crippen molar-refractivity contribution in [1.29, 1.82) is 0 Å². The Bertz CT molecular complexity index is 919. The van der Waals surface area contributed by atoms with Crippen molar-refractivity contribution in [3.05, 3.63) is 82.2 Å². The Morgan fingerprint density at radius 1 is 1.22 bits per heavy atom. The molecule has 6 heteroatoms. The van der Waals surface area contributed by atoms with Crippen molar-refractivity contribution in [2.75, 3.05) is 0 Å². The molecule has 1 N–H and O–H groups in total. The summed E-state index contributed by atoms with van der Waals surface area (Å²) in [6.07, 6.45) is 2.83. The van der Waals surface area contributed by atoms with Crippen molar-refractivity contribution in [3.63, 3.8) is 0 Å². The quantitative estimate of drug-likeness (QED) is 0.807. The molecule has 1 unspecified atom stereocenters. The summed E-state index contributed by atoms with van der Waals surface area (Å²) in [6, 6.07) is 10.6. The third-order valence-electron chi connectivity index (χ3n) is 3.58. The van der Waals surface area contributed by atoms with E-state index in [2.05, 4.69) is 10.3 Å². The smallest absolute Gasteiger partial charge is 0.270 e. The van der Waals surface area contributed by atoms with Crippen molar-refractivity contribution in [3.8, 4) is 0 Å².